The van der Waals surface area contributed by atoms with E-state index in [0.717, 1.165) is 29.0 Å². The van der Waals surface area contributed by atoms with Gasteiger partial charge in [-0.25, -0.2) is 9.97 Å². The van der Waals surface area contributed by atoms with Gasteiger partial charge in [0.05, 0.1) is 10.2 Å². The van der Waals surface area contributed by atoms with E-state index in [2.05, 4.69) is 26.7 Å². The Morgan fingerprint density at radius 3 is 3.21 bits per heavy atom. The Balaban J connectivity index is 1.60. The summed E-state index contributed by atoms with van der Waals surface area (Å²) in [7, 11) is 0. The fourth-order valence-electron chi connectivity index (χ4n) is 2.56. The van der Waals surface area contributed by atoms with Crippen molar-refractivity contribution in [3.05, 3.63) is 29.4 Å². The van der Waals surface area contributed by atoms with Gasteiger partial charge in [-0.3, -0.25) is 0 Å². The van der Waals surface area contributed by atoms with Crippen molar-refractivity contribution in [1.82, 2.24) is 9.97 Å². The smallest absolute Gasteiger partial charge is 0.147 e. The molecule has 4 heteroatoms. The average Bonchev–Trinajstić information content (AvgIpc) is 2.77. The molecule has 19 heavy (non-hydrogen) atoms. The van der Waals surface area contributed by atoms with Crippen LogP contribution in [0.4, 0.5) is 5.82 Å². The number of allylic oxidation sites excluding steroid dienone is 1. The second-order valence-electron chi connectivity index (χ2n) is 5.00. The summed E-state index contributed by atoms with van der Waals surface area (Å²) in [5, 5.41) is 5.53. The van der Waals surface area contributed by atoms with E-state index >= 15 is 0 Å². The minimum absolute atomic E-state index is 0.968. The molecule has 0 unspecified atom stereocenters. The van der Waals surface area contributed by atoms with Gasteiger partial charge >= 0.3 is 0 Å². The van der Waals surface area contributed by atoms with Crippen LogP contribution in [0.5, 0.6) is 0 Å². The van der Waals surface area contributed by atoms with Crippen LogP contribution >= 0.6 is 11.3 Å². The third-order valence-electron chi connectivity index (χ3n) is 3.62. The standard InChI is InChI=1S/C15H19N3S/c1-2-4-6-12(5-3-1)7-9-16-15-14-13(8-10-19-14)17-11-18-15/h5,8,10-11H,1-4,6-7,9H2,(H,16,17,18). The Labute approximate surface area is 117 Å². The summed E-state index contributed by atoms with van der Waals surface area (Å²) in [4.78, 5) is 8.61. The van der Waals surface area contributed by atoms with E-state index in [1.807, 2.05) is 6.07 Å². The van der Waals surface area contributed by atoms with Crippen LogP contribution in [0.1, 0.15) is 38.5 Å². The van der Waals surface area contributed by atoms with Crippen molar-refractivity contribution < 1.29 is 0 Å². The molecule has 0 fully saturated rings. The molecular formula is C15H19N3S. The second kappa shape index (κ2) is 6.15. The number of nitrogens with one attached hydrogen (secondary N) is 1. The Kier molecular flexibility index (Phi) is 4.08. The first-order valence-electron chi connectivity index (χ1n) is 7.03. The molecule has 0 saturated carbocycles. The van der Waals surface area contributed by atoms with E-state index in [1.54, 1.807) is 23.2 Å². The molecule has 0 spiro atoms. The Morgan fingerprint density at radius 1 is 1.21 bits per heavy atom. The molecule has 3 rings (SSSR count). The summed E-state index contributed by atoms with van der Waals surface area (Å²) < 4.78 is 1.16. The van der Waals surface area contributed by atoms with Crippen LogP contribution in [0.2, 0.25) is 0 Å². The summed E-state index contributed by atoms with van der Waals surface area (Å²) in [6.07, 6.45) is 11.9. The maximum Gasteiger partial charge on any atom is 0.147 e. The van der Waals surface area contributed by atoms with Gasteiger partial charge in [-0.15, -0.1) is 11.3 Å². The highest BCUT2D eigenvalue weighted by atomic mass is 32.1. The van der Waals surface area contributed by atoms with Gasteiger partial charge in [0, 0.05) is 6.54 Å². The van der Waals surface area contributed by atoms with E-state index in [-0.39, 0.29) is 0 Å². The maximum atomic E-state index is 4.35. The molecule has 0 radical (unpaired) electrons. The molecule has 3 nitrogen and oxygen atoms in total. The highest BCUT2D eigenvalue weighted by Crippen LogP contribution is 2.25. The minimum atomic E-state index is 0.968. The number of rotatable bonds is 4. The molecule has 0 saturated heterocycles. The topological polar surface area (TPSA) is 37.8 Å². The molecular weight excluding hydrogens is 254 g/mol. The van der Waals surface area contributed by atoms with Crippen LogP contribution in [0, 0.1) is 0 Å². The zero-order chi connectivity index (χ0) is 12.9. The highest BCUT2D eigenvalue weighted by Gasteiger charge is 2.06. The lowest BCUT2D eigenvalue weighted by Gasteiger charge is -2.08. The number of thiophene rings is 1. The van der Waals surface area contributed by atoms with Gasteiger partial charge in [0.2, 0.25) is 0 Å². The summed E-state index contributed by atoms with van der Waals surface area (Å²) in [5.74, 6) is 0.981. The molecule has 2 heterocycles. The number of aromatic nitrogens is 2. The van der Waals surface area contributed by atoms with Crippen LogP contribution in [0.15, 0.2) is 29.4 Å². The monoisotopic (exact) mass is 273 g/mol. The molecule has 1 aliphatic carbocycles. The van der Waals surface area contributed by atoms with Gasteiger partial charge in [-0.1, -0.05) is 18.1 Å². The highest BCUT2D eigenvalue weighted by molar-refractivity contribution is 7.17. The first kappa shape index (κ1) is 12.6. The van der Waals surface area contributed by atoms with Crippen molar-refractivity contribution >= 4 is 27.4 Å². The average molecular weight is 273 g/mol. The SMILES string of the molecule is C1=C(CCNc2ncnc3ccsc23)CCCCC1. The first-order valence-corrected chi connectivity index (χ1v) is 7.91. The zero-order valence-electron chi connectivity index (χ0n) is 11.1. The van der Waals surface area contributed by atoms with E-state index < -0.39 is 0 Å². The number of hydrogen-bond donors (Lipinski definition) is 1. The van der Waals surface area contributed by atoms with Crippen molar-refractivity contribution in [2.45, 2.75) is 38.5 Å². The fraction of sp³-hybridized carbons (Fsp3) is 0.467. The third kappa shape index (κ3) is 3.13. The number of nitrogens with zero attached hydrogens (tertiary/aromatic N) is 2. The number of anilines is 1. The Morgan fingerprint density at radius 2 is 2.21 bits per heavy atom. The minimum Gasteiger partial charge on any atom is -0.368 e. The van der Waals surface area contributed by atoms with Gasteiger partial charge < -0.3 is 5.32 Å². The van der Waals surface area contributed by atoms with Crippen LogP contribution in [-0.4, -0.2) is 16.5 Å². The molecule has 0 bridgehead atoms. The Hall–Kier alpha value is -1.42. The zero-order valence-corrected chi connectivity index (χ0v) is 11.9. The van der Waals surface area contributed by atoms with E-state index in [0.29, 0.717) is 0 Å². The summed E-state index contributed by atoms with van der Waals surface area (Å²) in [6, 6.07) is 2.04. The molecule has 0 aromatic carbocycles. The van der Waals surface area contributed by atoms with Crippen LogP contribution < -0.4 is 5.32 Å². The van der Waals surface area contributed by atoms with Gasteiger partial charge in [-0.05, 0) is 43.6 Å². The fourth-order valence-corrected chi connectivity index (χ4v) is 3.38. The van der Waals surface area contributed by atoms with E-state index in [9.17, 15) is 0 Å². The predicted molar refractivity (Wildman–Crippen MR) is 81.7 cm³/mol. The molecule has 0 aliphatic heterocycles. The number of fused-ring (bicyclic) bond motifs is 1. The van der Waals surface area contributed by atoms with Crippen LogP contribution in [0.3, 0.4) is 0 Å². The first-order chi connectivity index (χ1) is 9.43. The Bertz CT molecular complexity index is 574. The molecule has 1 N–H and O–H groups in total. The van der Waals surface area contributed by atoms with Crippen molar-refractivity contribution in [3.63, 3.8) is 0 Å². The van der Waals surface area contributed by atoms with Crippen molar-refractivity contribution in [2.75, 3.05) is 11.9 Å². The summed E-state index contributed by atoms with van der Waals surface area (Å²) >= 11 is 1.70. The summed E-state index contributed by atoms with van der Waals surface area (Å²) in [6.45, 7) is 0.968. The molecule has 2 aromatic rings. The lowest BCUT2D eigenvalue weighted by molar-refractivity contribution is 0.704. The van der Waals surface area contributed by atoms with E-state index in [1.165, 1.54) is 32.1 Å². The number of hydrogen-bond acceptors (Lipinski definition) is 4. The maximum absolute atomic E-state index is 4.35. The van der Waals surface area contributed by atoms with Gasteiger partial charge in [0.25, 0.3) is 0 Å². The lowest BCUT2D eigenvalue weighted by atomic mass is 10.1. The summed E-state index contributed by atoms with van der Waals surface area (Å²) in [5.41, 5.74) is 2.65. The van der Waals surface area contributed by atoms with Crippen molar-refractivity contribution in [3.8, 4) is 0 Å². The molecule has 100 valence electrons. The molecule has 0 atom stereocenters. The molecule has 2 aromatic heterocycles. The van der Waals surface area contributed by atoms with E-state index in [4.69, 9.17) is 0 Å². The van der Waals surface area contributed by atoms with Gasteiger partial charge in [0.15, 0.2) is 0 Å². The van der Waals surface area contributed by atoms with Gasteiger partial charge in [-0.2, -0.15) is 0 Å². The normalized spacial score (nSPS) is 16.1. The molecule has 0 amide bonds. The lowest BCUT2D eigenvalue weighted by Crippen LogP contribution is -2.04. The van der Waals surface area contributed by atoms with Gasteiger partial charge in [0.1, 0.15) is 12.1 Å². The quantitative estimate of drug-likeness (QED) is 0.840. The third-order valence-corrected chi connectivity index (χ3v) is 4.53. The second-order valence-corrected chi connectivity index (χ2v) is 5.91. The van der Waals surface area contributed by atoms with Crippen LogP contribution in [-0.2, 0) is 0 Å². The van der Waals surface area contributed by atoms with Crippen molar-refractivity contribution in [1.29, 1.82) is 0 Å². The predicted octanol–water partition coefficient (Wildman–Crippen LogP) is 4.38. The molecule has 1 aliphatic rings. The largest absolute Gasteiger partial charge is 0.368 e. The van der Waals surface area contributed by atoms with Crippen LogP contribution in [0.25, 0.3) is 10.2 Å². The van der Waals surface area contributed by atoms with Crippen molar-refractivity contribution in [2.24, 2.45) is 0 Å².